The Hall–Kier alpha value is -2.20. The van der Waals surface area contributed by atoms with E-state index in [1.807, 2.05) is 25.1 Å². The van der Waals surface area contributed by atoms with Gasteiger partial charge in [-0.25, -0.2) is 13.4 Å². The molecule has 3 rings (SSSR count). The van der Waals surface area contributed by atoms with Gasteiger partial charge in [0.05, 0.1) is 16.7 Å². The lowest BCUT2D eigenvalue weighted by molar-refractivity contribution is -0.116. The number of ether oxygens (including phenoxy) is 1. The van der Waals surface area contributed by atoms with E-state index in [9.17, 15) is 13.2 Å². The third kappa shape index (κ3) is 6.44. The van der Waals surface area contributed by atoms with E-state index in [0.29, 0.717) is 29.5 Å². The highest BCUT2D eigenvalue weighted by Gasteiger charge is 2.27. The number of carbonyl (C=O) groups excluding carboxylic acids is 1. The van der Waals surface area contributed by atoms with E-state index in [-0.39, 0.29) is 17.3 Å². The maximum absolute atomic E-state index is 13.3. The van der Waals surface area contributed by atoms with Crippen molar-refractivity contribution in [1.29, 1.82) is 0 Å². The number of para-hydroxylation sites is 1. The minimum Gasteiger partial charge on any atom is -0.494 e. The average molecular weight is 512 g/mol. The Morgan fingerprint density at radius 2 is 1.73 bits per heavy atom. The van der Waals surface area contributed by atoms with E-state index in [2.05, 4.69) is 23.7 Å². The number of nitrogens with zero attached hydrogens (tertiary/aromatic N) is 3. The van der Waals surface area contributed by atoms with Crippen molar-refractivity contribution < 1.29 is 17.9 Å². The van der Waals surface area contributed by atoms with E-state index in [4.69, 9.17) is 4.74 Å². The van der Waals surface area contributed by atoms with Crippen LogP contribution in [0.2, 0.25) is 0 Å². The number of aromatic nitrogens is 1. The van der Waals surface area contributed by atoms with Crippen LogP contribution >= 0.6 is 23.7 Å². The molecule has 33 heavy (non-hydrogen) atoms. The highest BCUT2D eigenvalue weighted by atomic mass is 35.5. The Morgan fingerprint density at radius 1 is 1.06 bits per heavy atom. The maximum Gasteiger partial charge on any atom is 0.244 e. The molecule has 10 heteroatoms. The fourth-order valence-electron chi connectivity index (χ4n) is 3.37. The molecule has 2 aromatic carbocycles. The summed E-state index contributed by atoms with van der Waals surface area (Å²) in [6.45, 7) is 8.65. The number of sulfone groups is 1. The topological polar surface area (TPSA) is 79.8 Å². The molecule has 180 valence electrons. The average Bonchev–Trinajstić information content (AvgIpc) is 3.20. The van der Waals surface area contributed by atoms with Crippen LogP contribution in [0.25, 0.3) is 10.2 Å². The molecule has 0 fully saturated rings. The summed E-state index contributed by atoms with van der Waals surface area (Å²) in [6.07, 6.45) is 0. The minimum absolute atomic E-state index is 0. The summed E-state index contributed by atoms with van der Waals surface area (Å²) in [5.74, 6) is -0.481. The Labute approximate surface area is 205 Å². The van der Waals surface area contributed by atoms with Gasteiger partial charge in [-0.15, -0.1) is 12.4 Å². The van der Waals surface area contributed by atoms with Crippen LogP contribution in [0, 0.1) is 6.92 Å². The molecule has 1 heterocycles. The smallest absolute Gasteiger partial charge is 0.244 e. The molecule has 0 aliphatic carbocycles. The zero-order chi connectivity index (χ0) is 23.3. The molecular weight excluding hydrogens is 482 g/mol. The van der Waals surface area contributed by atoms with E-state index < -0.39 is 21.5 Å². The first-order chi connectivity index (χ1) is 15.3. The van der Waals surface area contributed by atoms with Crippen molar-refractivity contribution in [2.45, 2.75) is 25.7 Å². The minimum atomic E-state index is -3.77. The largest absolute Gasteiger partial charge is 0.494 e. The van der Waals surface area contributed by atoms with Gasteiger partial charge in [0.15, 0.2) is 15.0 Å². The summed E-state index contributed by atoms with van der Waals surface area (Å²) in [7, 11) is -2.20. The van der Waals surface area contributed by atoms with E-state index in [1.54, 1.807) is 31.4 Å². The molecule has 0 aliphatic rings. The van der Waals surface area contributed by atoms with Crippen LogP contribution in [-0.2, 0) is 14.6 Å². The Balaban J connectivity index is 0.00000385. The molecule has 0 N–H and O–H groups in total. The predicted molar refractivity (Wildman–Crippen MR) is 137 cm³/mol. The molecule has 0 atom stereocenters. The van der Waals surface area contributed by atoms with Crippen LogP contribution in [0.4, 0.5) is 5.13 Å². The fourth-order valence-corrected chi connectivity index (χ4v) is 5.59. The number of carbonyl (C=O) groups is 1. The first kappa shape index (κ1) is 27.0. The normalized spacial score (nSPS) is 11.4. The number of aryl methyl sites for hydroxylation is 1. The summed E-state index contributed by atoms with van der Waals surface area (Å²) in [4.78, 5) is 21.7. The molecule has 0 saturated heterocycles. The highest BCUT2D eigenvalue weighted by molar-refractivity contribution is 7.92. The lowest BCUT2D eigenvalue weighted by atomic mass is 10.2. The molecule has 0 unspecified atom stereocenters. The number of benzene rings is 2. The fraction of sp³-hybridized carbons (Fsp3) is 0.391. The maximum atomic E-state index is 13.3. The Kier molecular flexibility index (Phi) is 9.66. The lowest BCUT2D eigenvalue weighted by Gasteiger charge is -2.24. The number of rotatable bonds is 10. The number of fused-ring (bicyclic) bond motifs is 1. The number of methoxy groups -OCH3 is 1. The van der Waals surface area contributed by atoms with Gasteiger partial charge in [0.1, 0.15) is 17.0 Å². The molecule has 1 amide bonds. The molecule has 0 saturated carbocycles. The molecule has 1 aromatic heterocycles. The van der Waals surface area contributed by atoms with Crippen LogP contribution in [0.5, 0.6) is 5.75 Å². The second-order valence-electron chi connectivity index (χ2n) is 7.45. The predicted octanol–water partition coefficient (Wildman–Crippen LogP) is 4.18. The van der Waals surface area contributed by atoms with Gasteiger partial charge < -0.3 is 9.64 Å². The summed E-state index contributed by atoms with van der Waals surface area (Å²) in [5, 5.41) is 0.473. The number of anilines is 1. The van der Waals surface area contributed by atoms with Crippen LogP contribution in [-0.4, -0.2) is 63.3 Å². The monoisotopic (exact) mass is 511 g/mol. The zero-order valence-electron chi connectivity index (χ0n) is 19.3. The summed E-state index contributed by atoms with van der Waals surface area (Å²) < 4.78 is 32.1. The quantitative estimate of drug-likeness (QED) is 0.406. The van der Waals surface area contributed by atoms with Gasteiger partial charge >= 0.3 is 0 Å². The molecule has 0 spiro atoms. The SMILES string of the molecule is CCN(CC)CCN(C(=O)CS(=O)(=O)c1ccc(C)cc1)c1nc2c(OC)cccc2s1.Cl. The van der Waals surface area contributed by atoms with Gasteiger partial charge in [-0.1, -0.05) is 48.9 Å². The lowest BCUT2D eigenvalue weighted by Crippen LogP contribution is -2.41. The van der Waals surface area contributed by atoms with Crippen LogP contribution in [0.15, 0.2) is 47.4 Å². The van der Waals surface area contributed by atoms with Gasteiger partial charge in [0.25, 0.3) is 0 Å². The standard InChI is InChI=1S/C23H29N3O4S2.ClH/c1-5-25(6-2)14-15-26(23-24-22-19(30-4)8-7-9-20(22)31-23)21(27)16-32(28,29)18-12-10-17(3)11-13-18;/h7-13H,5-6,14-16H2,1-4H3;1H. The van der Waals surface area contributed by atoms with Crippen molar-refractivity contribution >= 4 is 54.8 Å². The van der Waals surface area contributed by atoms with Gasteiger partial charge in [-0.2, -0.15) is 0 Å². The third-order valence-electron chi connectivity index (χ3n) is 5.35. The molecule has 3 aromatic rings. The van der Waals surface area contributed by atoms with Crippen molar-refractivity contribution in [2.24, 2.45) is 0 Å². The second kappa shape index (κ2) is 11.8. The van der Waals surface area contributed by atoms with E-state index in [1.165, 1.54) is 16.2 Å². The summed E-state index contributed by atoms with van der Waals surface area (Å²) >= 11 is 1.35. The number of hydrogen-bond acceptors (Lipinski definition) is 7. The number of amides is 1. The van der Waals surface area contributed by atoms with Crippen molar-refractivity contribution in [3.8, 4) is 5.75 Å². The number of thiazole rings is 1. The first-order valence-electron chi connectivity index (χ1n) is 10.5. The Bertz CT molecular complexity index is 1180. The zero-order valence-corrected chi connectivity index (χ0v) is 21.7. The first-order valence-corrected chi connectivity index (χ1v) is 13.0. The van der Waals surface area contributed by atoms with Crippen LogP contribution in [0.1, 0.15) is 19.4 Å². The summed E-state index contributed by atoms with van der Waals surface area (Å²) in [6, 6.07) is 12.1. The number of likely N-dealkylation sites (N-methyl/N-ethyl adjacent to an activating group) is 1. The molecule has 0 aliphatic heterocycles. The number of halogens is 1. The van der Waals surface area contributed by atoms with Crippen molar-refractivity contribution in [1.82, 2.24) is 9.88 Å². The van der Waals surface area contributed by atoms with Crippen LogP contribution < -0.4 is 9.64 Å². The Morgan fingerprint density at radius 3 is 2.33 bits per heavy atom. The van der Waals surface area contributed by atoms with Gasteiger partial charge in [0.2, 0.25) is 5.91 Å². The molecule has 0 bridgehead atoms. The van der Waals surface area contributed by atoms with Gasteiger partial charge in [-0.3, -0.25) is 9.69 Å². The molecular formula is C23H30ClN3O4S2. The van der Waals surface area contributed by atoms with E-state index in [0.717, 1.165) is 23.4 Å². The third-order valence-corrected chi connectivity index (χ3v) is 8.01. The molecule has 7 nitrogen and oxygen atoms in total. The van der Waals surface area contributed by atoms with Crippen molar-refractivity contribution in [3.05, 3.63) is 48.0 Å². The van der Waals surface area contributed by atoms with Crippen molar-refractivity contribution in [3.63, 3.8) is 0 Å². The van der Waals surface area contributed by atoms with E-state index >= 15 is 0 Å². The van der Waals surface area contributed by atoms with Gasteiger partial charge in [-0.05, 0) is 44.3 Å². The van der Waals surface area contributed by atoms with Gasteiger partial charge in [0, 0.05) is 13.1 Å². The molecule has 0 radical (unpaired) electrons. The summed E-state index contributed by atoms with van der Waals surface area (Å²) in [5.41, 5.74) is 1.62. The second-order valence-corrected chi connectivity index (χ2v) is 10.4. The highest BCUT2D eigenvalue weighted by Crippen LogP contribution is 2.34. The van der Waals surface area contributed by atoms with Crippen LogP contribution in [0.3, 0.4) is 0 Å². The van der Waals surface area contributed by atoms with Crippen molar-refractivity contribution in [2.75, 3.05) is 43.9 Å². The number of hydrogen-bond donors (Lipinski definition) is 0.